The summed E-state index contributed by atoms with van der Waals surface area (Å²) in [6.07, 6.45) is 0.188. The largest absolute Gasteiger partial charge is 0.497 e. The molecule has 1 aliphatic rings. The third-order valence-electron chi connectivity index (χ3n) is 6.58. The van der Waals surface area contributed by atoms with Crippen LogP contribution < -0.4 is 15.4 Å². The molecule has 1 aliphatic heterocycles. The van der Waals surface area contributed by atoms with E-state index in [0.717, 1.165) is 16.9 Å². The van der Waals surface area contributed by atoms with Crippen LogP contribution >= 0.6 is 0 Å². The second kappa shape index (κ2) is 12.5. The van der Waals surface area contributed by atoms with Crippen molar-refractivity contribution in [2.75, 3.05) is 20.2 Å². The number of ether oxygens (including phenoxy) is 1. The standard InChI is InChI=1S/C30H33N3O5/c1-3-14-33-29(36)24-13-12-22(17-25(24)30(33)37)28(35)32-26(16-20-8-5-4-6-9-20)27(34)19-31-18-21-10-7-11-23(15-21)38-2/h4-13,15,17,26-27,31,34H,3,14,16,18-19H2,1-2H3,(H,32,35)/t26-,27-/m0/s1. The Hall–Kier alpha value is -4.01. The molecule has 0 saturated heterocycles. The molecule has 4 rings (SSSR count). The van der Waals surface area contributed by atoms with Gasteiger partial charge in [0.25, 0.3) is 17.7 Å². The van der Waals surface area contributed by atoms with E-state index in [4.69, 9.17) is 4.74 Å². The van der Waals surface area contributed by atoms with Crippen LogP contribution in [0.15, 0.2) is 72.8 Å². The Morgan fingerprint density at radius 2 is 1.68 bits per heavy atom. The SMILES string of the molecule is CCCN1C(=O)c2ccc(C(=O)N[C@@H](Cc3ccccc3)[C@@H](O)CNCc3cccc(OC)c3)cc2C1=O. The number of amides is 3. The molecule has 0 radical (unpaired) electrons. The van der Waals surface area contributed by atoms with E-state index in [1.54, 1.807) is 13.2 Å². The first-order valence-electron chi connectivity index (χ1n) is 12.8. The number of aliphatic hydroxyl groups is 1. The lowest BCUT2D eigenvalue weighted by molar-refractivity contribution is 0.0654. The molecule has 0 aromatic heterocycles. The lowest BCUT2D eigenvalue weighted by Gasteiger charge is -2.25. The van der Waals surface area contributed by atoms with Crippen molar-refractivity contribution in [3.05, 3.63) is 101 Å². The Labute approximate surface area is 222 Å². The Bertz CT molecular complexity index is 1290. The van der Waals surface area contributed by atoms with Crippen molar-refractivity contribution in [2.45, 2.75) is 38.5 Å². The maximum atomic E-state index is 13.2. The molecular formula is C30H33N3O5. The molecule has 1 heterocycles. The summed E-state index contributed by atoms with van der Waals surface area (Å²) in [6.45, 7) is 3.00. The number of carbonyl (C=O) groups excluding carboxylic acids is 3. The molecule has 0 spiro atoms. The molecular weight excluding hydrogens is 482 g/mol. The minimum absolute atomic E-state index is 0.233. The Morgan fingerprint density at radius 1 is 0.947 bits per heavy atom. The van der Waals surface area contributed by atoms with Gasteiger partial charge in [0.05, 0.1) is 30.4 Å². The van der Waals surface area contributed by atoms with Crippen LogP contribution in [-0.2, 0) is 13.0 Å². The van der Waals surface area contributed by atoms with Gasteiger partial charge in [0.1, 0.15) is 5.75 Å². The summed E-state index contributed by atoms with van der Waals surface area (Å²) in [4.78, 5) is 39.7. The number of carbonyl (C=O) groups is 3. The zero-order valence-corrected chi connectivity index (χ0v) is 21.6. The van der Waals surface area contributed by atoms with Gasteiger partial charge in [0, 0.05) is 25.2 Å². The van der Waals surface area contributed by atoms with Gasteiger partial charge < -0.3 is 20.5 Å². The fourth-order valence-electron chi connectivity index (χ4n) is 4.55. The molecule has 0 fully saturated rings. The molecule has 198 valence electrons. The summed E-state index contributed by atoms with van der Waals surface area (Å²) < 4.78 is 5.26. The molecule has 0 saturated carbocycles. The van der Waals surface area contributed by atoms with Gasteiger partial charge in [-0.1, -0.05) is 49.4 Å². The average Bonchev–Trinajstić information content (AvgIpc) is 3.17. The Morgan fingerprint density at radius 3 is 2.42 bits per heavy atom. The highest BCUT2D eigenvalue weighted by molar-refractivity contribution is 6.22. The van der Waals surface area contributed by atoms with Crippen LogP contribution in [0.4, 0.5) is 0 Å². The van der Waals surface area contributed by atoms with E-state index < -0.39 is 18.1 Å². The third kappa shape index (κ3) is 6.27. The van der Waals surface area contributed by atoms with Crippen LogP contribution in [0.3, 0.4) is 0 Å². The highest BCUT2D eigenvalue weighted by atomic mass is 16.5. The van der Waals surface area contributed by atoms with E-state index in [0.29, 0.717) is 31.5 Å². The number of methoxy groups -OCH3 is 1. The molecule has 3 N–H and O–H groups in total. The van der Waals surface area contributed by atoms with Gasteiger partial charge in [-0.05, 0) is 54.3 Å². The zero-order chi connectivity index (χ0) is 27.1. The van der Waals surface area contributed by atoms with Crippen LogP contribution in [0, 0.1) is 0 Å². The van der Waals surface area contributed by atoms with Crippen molar-refractivity contribution in [3.63, 3.8) is 0 Å². The summed E-state index contributed by atoms with van der Waals surface area (Å²) in [7, 11) is 1.61. The van der Waals surface area contributed by atoms with Crippen molar-refractivity contribution < 1.29 is 24.2 Å². The van der Waals surface area contributed by atoms with Gasteiger partial charge in [-0.2, -0.15) is 0 Å². The van der Waals surface area contributed by atoms with Crippen molar-refractivity contribution >= 4 is 17.7 Å². The Kier molecular flexibility index (Phi) is 8.89. The molecule has 8 heteroatoms. The van der Waals surface area contributed by atoms with Crippen LogP contribution in [0.2, 0.25) is 0 Å². The molecule has 8 nitrogen and oxygen atoms in total. The van der Waals surface area contributed by atoms with Gasteiger partial charge >= 0.3 is 0 Å². The summed E-state index contributed by atoms with van der Waals surface area (Å²) in [6, 6.07) is 21.2. The van der Waals surface area contributed by atoms with E-state index in [9.17, 15) is 19.5 Å². The van der Waals surface area contributed by atoms with Crippen LogP contribution in [0.25, 0.3) is 0 Å². The number of nitrogens with one attached hydrogen (secondary N) is 2. The van der Waals surface area contributed by atoms with Crippen LogP contribution in [-0.4, -0.2) is 60.1 Å². The molecule has 2 atom stereocenters. The minimum Gasteiger partial charge on any atom is -0.497 e. The molecule has 0 aliphatic carbocycles. The average molecular weight is 516 g/mol. The number of hydrogen-bond donors (Lipinski definition) is 3. The van der Waals surface area contributed by atoms with Gasteiger partial charge in [-0.3, -0.25) is 19.3 Å². The highest BCUT2D eigenvalue weighted by Crippen LogP contribution is 2.24. The Balaban J connectivity index is 1.46. The fraction of sp³-hybridized carbons (Fsp3) is 0.300. The first-order valence-corrected chi connectivity index (χ1v) is 12.8. The van der Waals surface area contributed by atoms with Crippen molar-refractivity contribution in [1.29, 1.82) is 0 Å². The first kappa shape index (κ1) is 27.0. The second-order valence-electron chi connectivity index (χ2n) is 9.34. The van der Waals surface area contributed by atoms with E-state index in [-0.39, 0.29) is 29.5 Å². The van der Waals surface area contributed by atoms with Gasteiger partial charge in [-0.25, -0.2) is 0 Å². The fourth-order valence-corrected chi connectivity index (χ4v) is 4.55. The predicted octanol–water partition coefficient (Wildman–Crippen LogP) is 3.19. The maximum Gasteiger partial charge on any atom is 0.261 e. The normalized spacial score (nSPS) is 14.2. The predicted molar refractivity (Wildman–Crippen MR) is 144 cm³/mol. The molecule has 38 heavy (non-hydrogen) atoms. The molecule has 0 bridgehead atoms. The number of nitrogens with zero attached hydrogens (tertiary/aromatic N) is 1. The number of rotatable bonds is 12. The second-order valence-corrected chi connectivity index (χ2v) is 9.34. The van der Waals surface area contributed by atoms with Gasteiger partial charge in [0.15, 0.2) is 0 Å². The van der Waals surface area contributed by atoms with Crippen LogP contribution in [0.5, 0.6) is 5.75 Å². The maximum absolute atomic E-state index is 13.2. The highest BCUT2D eigenvalue weighted by Gasteiger charge is 2.35. The lowest BCUT2D eigenvalue weighted by atomic mass is 9.99. The van der Waals surface area contributed by atoms with E-state index in [1.807, 2.05) is 61.5 Å². The van der Waals surface area contributed by atoms with Crippen molar-refractivity contribution in [3.8, 4) is 5.75 Å². The topological polar surface area (TPSA) is 108 Å². The third-order valence-corrected chi connectivity index (χ3v) is 6.58. The number of fused-ring (bicyclic) bond motifs is 1. The first-order chi connectivity index (χ1) is 18.4. The van der Waals surface area contributed by atoms with E-state index in [1.165, 1.54) is 17.0 Å². The molecule has 3 amide bonds. The van der Waals surface area contributed by atoms with Crippen molar-refractivity contribution in [1.82, 2.24) is 15.5 Å². The van der Waals surface area contributed by atoms with E-state index in [2.05, 4.69) is 10.6 Å². The monoisotopic (exact) mass is 515 g/mol. The molecule has 3 aromatic carbocycles. The summed E-state index contributed by atoms with van der Waals surface area (Å²) in [5.74, 6) is -0.386. The summed E-state index contributed by atoms with van der Waals surface area (Å²) in [5.41, 5.74) is 2.78. The van der Waals surface area contributed by atoms with Gasteiger partial charge in [0.2, 0.25) is 0 Å². The quantitative estimate of drug-likeness (QED) is 0.320. The summed E-state index contributed by atoms with van der Waals surface area (Å²) >= 11 is 0. The number of hydrogen-bond acceptors (Lipinski definition) is 6. The molecule has 3 aromatic rings. The zero-order valence-electron chi connectivity index (χ0n) is 21.6. The van der Waals surface area contributed by atoms with Crippen molar-refractivity contribution in [2.24, 2.45) is 0 Å². The number of aliphatic hydroxyl groups excluding tert-OH is 1. The smallest absolute Gasteiger partial charge is 0.261 e. The number of imide groups is 1. The summed E-state index contributed by atoms with van der Waals surface area (Å²) in [5, 5.41) is 17.3. The van der Waals surface area contributed by atoms with Gasteiger partial charge in [-0.15, -0.1) is 0 Å². The van der Waals surface area contributed by atoms with E-state index >= 15 is 0 Å². The molecule has 0 unspecified atom stereocenters. The minimum atomic E-state index is -0.887. The number of benzene rings is 3. The van der Waals surface area contributed by atoms with Crippen LogP contribution in [0.1, 0.15) is 55.5 Å². The lowest BCUT2D eigenvalue weighted by Crippen LogP contribution is -2.48.